The Morgan fingerprint density at radius 1 is 1.29 bits per heavy atom. The monoisotopic (exact) mass is 303 g/mol. The van der Waals surface area contributed by atoms with E-state index in [2.05, 4.69) is 44.3 Å². The Kier molecular flexibility index (Phi) is 4.36. The minimum absolute atomic E-state index is 0.883. The van der Waals surface area contributed by atoms with Crippen LogP contribution in [0.15, 0.2) is 24.9 Å². The third-order valence-corrected chi connectivity index (χ3v) is 4.51. The van der Waals surface area contributed by atoms with Crippen molar-refractivity contribution in [3.05, 3.63) is 41.2 Å². The van der Waals surface area contributed by atoms with E-state index in [1.54, 1.807) is 11.3 Å². The van der Waals surface area contributed by atoms with Gasteiger partial charge in [-0.05, 0) is 33.2 Å². The molecule has 21 heavy (non-hydrogen) atoms. The van der Waals surface area contributed by atoms with Crippen molar-refractivity contribution >= 4 is 16.3 Å². The van der Waals surface area contributed by atoms with Crippen LogP contribution in [0.3, 0.4) is 0 Å². The molecule has 0 radical (unpaired) electrons. The number of thiazole rings is 1. The first-order valence-corrected chi connectivity index (χ1v) is 8.16. The highest BCUT2D eigenvalue weighted by molar-refractivity contribution is 7.17. The van der Waals surface area contributed by atoms with Gasteiger partial charge < -0.3 is 9.88 Å². The number of aryl methyl sites for hydroxylation is 3. The molecule has 3 heterocycles. The Balaban J connectivity index is 1.45. The molecule has 0 fully saturated rings. The second kappa shape index (κ2) is 6.41. The Hall–Kier alpha value is -1.66. The molecule has 0 aliphatic carbocycles. The Labute approximate surface area is 128 Å². The fourth-order valence-electron chi connectivity index (χ4n) is 2.49. The third kappa shape index (κ3) is 3.33. The molecule has 0 saturated heterocycles. The smallest absolute Gasteiger partial charge is 0.194 e. The summed E-state index contributed by atoms with van der Waals surface area (Å²) in [7, 11) is 0. The summed E-state index contributed by atoms with van der Waals surface area (Å²) in [6.07, 6.45) is 10.2. The van der Waals surface area contributed by atoms with E-state index in [1.807, 2.05) is 18.7 Å². The first-order valence-electron chi connectivity index (χ1n) is 7.34. The molecule has 1 N–H and O–H groups in total. The van der Waals surface area contributed by atoms with Crippen LogP contribution < -0.4 is 5.32 Å². The van der Waals surface area contributed by atoms with Crippen LogP contribution in [-0.4, -0.2) is 25.5 Å². The predicted molar refractivity (Wildman–Crippen MR) is 85.7 cm³/mol. The van der Waals surface area contributed by atoms with Gasteiger partial charge in [-0.2, -0.15) is 0 Å². The minimum Gasteiger partial charge on any atom is -0.337 e. The highest BCUT2D eigenvalue weighted by Gasteiger charge is 2.10. The molecule has 6 heteroatoms. The molecule has 0 amide bonds. The second-order valence-corrected chi connectivity index (χ2v) is 6.54. The lowest BCUT2D eigenvalue weighted by atomic mass is 10.3. The molecule has 0 saturated carbocycles. The lowest BCUT2D eigenvalue weighted by molar-refractivity contribution is 0.564. The first kappa shape index (κ1) is 14.3. The second-order valence-electron chi connectivity index (χ2n) is 5.32. The molecule has 0 bridgehead atoms. The standard InChI is InChI=1S/C15H21N5S/c1-12-10-20-14(13(2)18-15(20)21-12)9-16-5-3-4-7-19-8-6-17-11-19/h6,8,10-11,16H,3-5,7,9H2,1-2H3. The summed E-state index contributed by atoms with van der Waals surface area (Å²) >= 11 is 1.75. The predicted octanol–water partition coefficient (Wildman–Crippen LogP) is 2.78. The molecule has 0 aliphatic heterocycles. The number of imidazole rings is 2. The van der Waals surface area contributed by atoms with Crippen molar-refractivity contribution in [2.75, 3.05) is 6.54 Å². The van der Waals surface area contributed by atoms with E-state index in [4.69, 9.17) is 0 Å². The minimum atomic E-state index is 0.883. The van der Waals surface area contributed by atoms with E-state index in [0.29, 0.717) is 0 Å². The Morgan fingerprint density at radius 3 is 3.00 bits per heavy atom. The number of rotatable bonds is 7. The third-order valence-electron chi connectivity index (χ3n) is 3.61. The number of hydrogen-bond donors (Lipinski definition) is 1. The van der Waals surface area contributed by atoms with Crippen molar-refractivity contribution in [3.8, 4) is 0 Å². The average molecular weight is 303 g/mol. The van der Waals surface area contributed by atoms with Gasteiger partial charge in [-0.15, -0.1) is 11.3 Å². The van der Waals surface area contributed by atoms with Gasteiger partial charge in [-0.3, -0.25) is 4.40 Å². The molecule has 0 aliphatic rings. The van der Waals surface area contributed by atoms with Gasteiger partial charge in [0.15, 0.2) is 4.96 Å². The van der Waals surface area contributed by atoms with Crippen LogP contribution in [-0.2, 0) is 13.1 Å². The molecular weight excluding hydrogens is 282 g/mol. The van der Waals surface area contributed by atoms with Crippen LogP contribution in [0.4, 0.5) is 0 Å². The van der Waals surface area contributed by atoms with Crippen LogP contribution in [0.2, 0.25) is 0 Å². The number of fused-ring (bicyclic) bond motifs is 1. The molecule has 3 rings (SSSR count). The van der Waals surface area contributed by atoms with E-state index >= 15 is 0 Å². The summed E-state index contributed by atoms with van der Waals surface area (Å²) in [5, 5.41) is 3.53. The number of aromatic nitrogens is 4. The van der Waals surface area contributed by atoms with E-state index in [0.717, 1.165) is 30.3 Å². The van der Waals surface area contributed by atoms with Crippen molar-refractivity contribution in [2.45, 2.75) is 39.8 Å². The maximum atomic E-state index is 4.61. The fourth-order valence-corrected chi connectivity index (χ4v) is 3.38. The average Bonchev–Trinajstić information content (AvgIpc) is 3.12. The topological polar surface area (TPSA) is 47.1 Å². The molecule has 0 unspecified atom stereocenters. The van der Waals surface area contributed by atoms with Crippen LogP contribution in [0.5, 0.6) is 0 Å². The molecule has 0 spiro atoms. The lowest BCUT2D eigenvalue weighted by Gasteiger charge is -2.06. The highest BCUT2D eigenvalue weighted by Crippen LogP contribution is 2.20. The van der Waals surface area contributed by atoms with E-state index in [1.165, 1.54) is 23.4 Å². The summed E-state index contributed by atoms with van der Waals surface area (Å²) < 4.78 is 4.34. The molecule has 5 nitrogen and oxygen atoms in total. The molecule has 112 valence electrons. The molecule has 0 aromatic carbocycles. The summed E-state index contributed by atoms with van der Waals surface area (Å²) in [6, 6.07) is 0. The van der Waals surface area contributed by atoms with Crippen molar-refractivity contribution in [1.82, 2.24) is 24.3 Å². The molecular formula is C15H21N5S. The SMILES string of the molecule is Cc1cn2c(CNCCCCn3ccnc3)c(C)nc2s1. The molecule has 0 atom stereocenters. The number of unbranched alkanes of at least 4 members (excludes halogenated alkanes) is 1. The largest absolute Gasteiger partial charge is 0.337 e. The van der Waals surface area contributed by atoms with E-state index < -0.39 is 0 Å². The molecule has 3 aromatic rings. The van der Waals surface area contributed by atoms with Crippen molar-refractivity contribution in [2.24, 2.45) is 0 Å². The Bertz CT molecular complexity index is 695. The summed E-state index contributed by atoms with van der Waals surface area (Å²) in [5.74, 6) is 0. The maximum absolute atomic E-state index is 4.61. The number of hydrogen-bond acceptors (Lipinski definition) is 4. The van der Waals surface area contributed by atoms with Crippen LogP contribution in [0, 0.1) is 13.8 Å². The number of nitrogens with one attached hydrogen (secondary N) is 1. The van der Waals surface area contributed by atoms with Crippen molar-refractivity contribution in [1.29, 1.82) is 0 Å². The van der Waals surface area contributed by atoms with Gasteiger partial charge in [0.05, 0.1) is 17.7 Å². The quantitative estimate of drug-likeness (QED) is 0.683. The van der Waals surface area contributed by atoms with Crippen molar-refractivity contribution < 1.29 is 0 Å². The Morgan fingerprint density at radius 2 is 2.19 bits per heavy atom. The summed E-state index contributed by atoms with van der Waals surface area (Å²) in [6.45, 7) is 7.17. The van der Waals surface area contributed by atoms with Crippen molar-refractivity contribution in [3.63, 3.8) is 0 Å². The van der Waals surface area contributed by atoms with E-state index in [9.17, 15) is 0 Å². The lowest BCUT2D eigenvalue weighted by Crippen LogP contribution is -2.17. The van der Waals surface area contributed by atoms with Gasteiger partial charge >= 0.3 is 0 Å². The van der Waals surface area contributed by atoms with Gasteiger partial charge in [0.1, 0.15) is 0 Å². The first-order chi connectivity index (χ1) is 10.2. The normalized spacial score (nSPS) is 11.5. The highest BCUT2D eigenvalue weighted by atomic mass is 32.1. The van der Waals surface area contributed by atoms with Gasteiger partial charge in [-0.1, -0.05) is 0 Å². The van der Waals surface area contributed by atoms with Crippen LogP contribution in [0.25, 0.3) is 4.96 Å². The maximum Gasteiger partial charge on any atom is 0.194 e. The van der Waals surface area contributed by atoms with Crippen LogP contribution in [0.1, 0.15) is 29.1 Å². The molecule has 3 aromatic heterocycles. The van der Waals surface area contributed by atoms with E-state index in [-0.39, 0.29) is 0 Å². The van der Waals surface area contributed by atoms with Gasteiger partial charge in [0, 0.05) is 36.6 Å². The van der Waals surface area contributed by atoms with Gasteiger partial charge in [-0.25, -0.2) is 9.97 Å². The summed E-state index contributed by atoms with van der Waals surface area (Å²) in [5.41, 5.74) is 2.41. The zero-order chi connectivity index (χ0) is 14.7. The zero-order valence-corrected chi connectivity index (χ0v) is 13.4. The summed E-state index contributed by atoms with van der Waals surface area (Å²) in [4.78, 5) is 11.1. The van der Waals surface area contributed by atoms with Gasteiger partial charge in [0.25, 0.3) is 0 Å². The number of nitrogens with zero attached hydrogens (tertiary/aromatic N) is 4. The van der Waals surface area contributed by atoms with Gasteiger partial charge in [0.2, 0.25) is 0 Å². The zero-order valence-electron chi connectivity index (χ0n) is 12.5. The van der Waals surface area contributed by atoms with Crippen LogP contribution >= 0.6 is 11.3 Å². The fraction of sp³-hybridized carbons (Fsp3) is 0.467.